The molecule has 3 atom stereocenters. The molecule has 5 rings (SSSR count). The van der Waals surface area contributed by atoms with Gasteiger partial charge in [-0.2, -0.15) is 0 Å². The summed E-state index contributed by atoms with van der Waals surface area (Å²) in [7, 11) is 2.05. The number of hydrogen-bond acceptors (Lipinski definition) is 3. The second-order valence-electron chi connectivity index (χ2n) is 9.64. The molecule has 1 fully saturated rings. The van der Waals surface area contributed by atoms with E-state index in [1.807, 2.05) is 13.1 Å². The summed E-state index contributed by atoms with van der Waals surface area (Å²) in [6.45, 7) is 1.46. The minimum atomic E-state index is -0.00672. The normalized spacial score (nSPS) is 22.1. The van der Waals surface area contributed by atoms with Crippen LogP contribution in [0.4, 0.5) is 0 Å². The van der Waals surface area contributed by atoms with E-state index in [0.717, 1.165) is 68.6 Å². The summed E-state index contributed by atoms with van der Waals surface area (Å²) in [5.41, 5.74) is 9.65. The highest BCUT2D eigenvalue weighted by atomic mass is 127. The molecule has 0 spiro atoms. The lowest BCUT2D eigenvalue weighted by Crippen LogP contribution is -2.41. The van der Waals surface area contributed by atoms with Gasteiger partial charge in [-0.05, 0) is 74.4 Å². The van der Waals surface area contributed by atoms with Crippen molar-refractivity contribution >= 4 is 67.5 Å². The summed E-state index contributed by atoms with van der Waals surface area (Å²) >= 11 is 6.04. The molecule has 0 radical (unpaired) electrons. The van der Waals surface area contributed by atoms with Crippen molar-refractivity contribution in [1.29, 1.82) is 0 Å². The van der Waals surface area contributed by atoms with Crippen LogP contribution in [0.25, 0.3) is 34.3 Å². The number of alkyl halides is 1. The largest absolute Gasteiger partial charge is 0.352 e. The molecular weight excluding hydrogens is 603 g/mol. The lowest BCUT2D eigenvalue weighted by molar-refractivity contribution is 0.0939. The Morgan fingerprint density at radius 3 is 2.94 bits per heavy atom. The van der Waals surface area contributed by atoms with E-state index in [-0.39, 0.29) is 5.91 Å². The Morgan fingerprint density at radius 1 is 1.29 bits per heavy atom. The average Bonchev–Trinajstić information content (AvgIpc) is 3.17. The van der Waals surface area contributed by atoms with Crippen LogP contribution in [0.1, 0.15) is 42.5 Å². The highest BCUT2D eigenvalue weighted by Gasteiger charge is 2.23. The molecule has 3 aromatic rings. The van der Waals surface area contributed by atoms with Crippen molar-refractivity contribution in [2.75, 3.05) is 13.1 Å². The Bertz CT molecular complexity index is 1370. The van der Waals surface area contributed by atoms with E-state index in [9.17, 15) is 4.79 Å². The standard InChI is InChI=1S/C27H30BrIN4O/c1-33-15-23(21-10-18(28)5-8-26(21)33)25-12-22(20-7-6-19(29)11-24(20)32-25)27(34)31-14-17-4-2-3-16(9-17)13-30/h5,7-8,10-12,15-17,19H,2-4,6,9,13-14,30H2,1H3,(H,31,34). The highest BCUT2D eigenvalue weighted by molar-refractivity contribution is 14.1. The number of nitrogens with two attached hydrogens (primary N) is 1. The van der Waals surface area contributed by atoms with Gasteiger partial charge in [-0.1, -0.05) is 51.0 Å². The monoisotopic (exact) mass is 632 g/mol. The number of carbonyl (C=O) groups excluding carboxylic acids is 1. The van der Waals surface area contributed by atoms with E-state index >= 15 is 0 Å². The van der Waals surface area contributed by atoms with Crippen LogP contribution in [0, 0.1) is 11.8 Å². The topological polar surface area (TPSA) is 72.9 Å². The van der Waals surface area contributed by atoms with Crippen LogP contribution in [0.2, 0.25) is 0 Å². The van der Waals surface area contributed by atoms with Crippen LogP contribution in [0.15, 0.2) is 34.9 Å². The van der Waals surface area contributed by atoms with Crippen molar-refractivity contribution in [1.82, 2.24) is 14.9 Å². The number of fused-ring (bicyclic) bond motifs is 2. The molecule has 7 heteroatoms. The quantitative estimate of drug-likeness (QED) is 0.326. The predicted octanol–water partition coefficient (Wildman–Crippen LogP) is 4.27. The zero-order valence-corrected chi connectivity index (χ0v) is 23.1. The fourth-order valence-corrected chi connectivity index (χ4v) is 6.37. The van der Waals surface area contributed by atoms with Crippen LogP contribution < -0.4 is 21.6 Å². The molecule has 5 nitrogen and oxygen atoms in total. The summed E-state index contributed by atoms with van der Waals surface area (Å²) in [5.74, 6) is 1.09. The van der Waals surface area contributed by atoms with Gasteiger partial charge in [0.25, 0.3) is 5.91 Å². The van der Waals surface area contributed by atoms with Gasteiger partial charge in [-0.3, -0.25) is 4.79 Å². The molecule has 1 amide bonds. The highest BCUT2D eigenvalue weighted by Crippen LogP contribution is 2.31. The van der Waals surface area contributed by atoms with E-state index in [0.29, 0.717) is 22.3 Å². The Kier molecular flexibility index (Phi) is 7.14. The third-order valence-corrected chi connectivity index (χ3v) is 8.58. The van der Waals surface area contributed by atoms with E-state index in [1.54, 1.807) is 0 Å². The Morgan fingerprint density at radius 2 is 2.12 bits per heavy atom. The van der Waals surface area contributed by atoms with Crippen LogP contribution in [-0.2, 0) is 7.05 Å². The number of nitrogens with zero attached hydrogens (tertiary/aromatic N) is 2. The van der Waals surface area contributed by atoms with Gasteiger partial charge >= 0.3 is 0 Å². The average molecular weight is 633 g/mol. The first-order valence-corrected chi connectivity index (χ1v) is 14.1. The van der Waals surface area contributed by atoms with Crippen molar-refractivity contribution in [3.8, 4) is 11.3 Å². The number of pyridine rings is 1. The minimum Gasteiger partial charge on any atom is -0.352 e. The molecule has 3 N–H and O–H groups in total. The molecule has 0 aliphatic heterocycles. The van der Waals surface area contributed by atoms with E-state index in [1.165, 1.54) is 12.8 Å². The first-order chi connectivity index (χ1) is 16.4. The molecule has 0 saturated heterocycles. The fraction of sp³-hybridized carbons (Fsp3) is 0.407. The number of carbonyl (C=O) groups is 1. The molecule has 0 bridgehead atoms. The third kappa shape index (κ3) is 4.84. The smallest absolute Gasteiger partial charge is 0.252 e. The van der Waals surface area contributed by atoms with Gasteiger partial charge in [0, 0.05) is 49.9 Å². The summed E-state index contributed by atoms with van der Waals surface area (Å²) in [6, 6.07) is 8.26. The molecule has 1 saturated carbocycles. The SMILES string of the molecule is Cn1cc(-c2cc(C(=O)NCC3CCCC(CN)C3)c3c(n2)=CC(I)CC=3)c2cc(Br)ccc21. The van der Waals surface area contributed by atoms with E-state index in [4.69, 9.17) is 10.7 Å². The molecule has 2 heterocycles. The van der Waals surface area contributed by atoms with Crippen molar-refractivity contribution in [3.63, 3.8) is 0 Å². The maximum Gasteiger partial charge on any atom is 0.252 e. The van der Waals surface area contributed by atoms with Crippen molar-refractivity contribution in [2.24, 2.45) is 24.6 Å². The first kappa shape index (κ1) is 24.0. The predicted molar refractivity (Wildman–Crippen MR) is 151 cm³/mol. The van der Waals surface area contributed by atoms with E-state index < -0.39 is 0 Å². The maximum absolute atomic E-state index is 13.5. The summed E-state index contributed by atoms with van der Waals surface area (Å²) in [5, 5.41) is 6.23. The Balaban J connectivity index is 1.53. The molecule has 3 unspecified atom stereocenters. The van der Waals surface area contributed by atoms with Gasteiger partial charge in [0.1, 0.15) is 0 Å². The molecule has 2 aliphatic carbocycles. The van der Waals surface area contributed by atoms with Crippen molar-refractivity contribution < 1.29 is 4.79 Å². The molecular formula is C27H30BrIN4O. The Labute approximate surface area is 222 Å². The van der Waals surface area contributed by atoms with Crippen LogP contribution in [0.3, 0.4) is 0 Å². The lowest BCUT2D eigenvalue weighted by Gasteiger charge is -2.28. The summed E-state index contributed by atoms with van der Waals surface area (Å²) in [4.78, 5) is 18.5. The van der Waals surface area contributed by atoms with Gasteiger partial charge in [0.05, 0.1) is 16.6 Å². The minimum absolute atomic E-state index is 0.00672. The molecule has 178 valence electrons. The van der Waals surface area contributed by atoms with Gasteiger partial charge < -0.3 is 15.6 Å². The zero-order valence-electron chi connectivity index (χ0n) is 19.4. The van der Waals surface area contributed by atoms with Crippen LogP contribution in [0.5, 0.6) is 0 Å². The number of aryl methyl sites for hydroxylation is 1. The second kappa shape index (κ2) is 10.1. The maximum atomic E-state index is 13.5. The number of aromatic nitrogens is 2. The second-order valence-corrected chi connectivity index (χ2v) is 12.2. The lowest BCUT2D eigenvalue weighted by atomic mass is 9.81. The van der Waals surface area contributed by atoms with Gasteiger partial charge in [0.2, 0.25) is 0 Å². The van der Waals surface area contributed by atoms with Gasteiger partial charge in [0.15, 0.2) is 0 Å². The number of benzene rings is 1. The van der Waals surface area contributed by atoms with Gasteiger partial charge in [-0.25, -0.2) is 4.98 Å². The summed E-state index contributed by atoms with van der Waals surface area (Å²) in [6.07, 6.45) is 12.1. The summed E-state index contributed by atoms with van der Waals surface area (Å²) < 4.78 is 3.52. The van der Waals surface area contributed by atoms with Crippen LogP contribution in [-0.4, -0.2) is 32.5 Å². The molecule has 1 aromatic carbocycles. The number of rotatable bonds is 5. The number of halogens is 2. The number of hydrogen-bond donors (Lipinski definition) is 2. The number of amides is 1. The fourth-order valence-electron chi connectivity index (χ4n) is 5.41. The molecule has 34 heavy (non-hydrogen) atoms. The Hall–Kier alpha value is -1.71. The van der Waals surface area contributed by atoms with Crippen molar-refractivity contribution in [3.05, 3.63) is 51.1 Å². The third-order valence-electron chi connectivity index (χ3n) is 7.22. The zero-order chi connectivity index (χ0) is 23.8. The first-order valence-electron chi connectivity index (χ1n) is 12.0. The van der Waals surface area contributed by atoms with Crippen LogP contribution >= 0.6 is 38.5 Å². The van der Waals surface area contributed by atoms with E-state index in [2.05, 4.69) is 85.0 Å². The molecule has 2 aliphatic rings. The number of nitrogens with one attached hydrogen (secondary N) is 1. The van der Waals surface area contributed by atoms with Gasteiger partial charge in [-0.15, -0.1) is 0 Å². The molecule has 2 aromatic heterocycles. The van der Waals surface area contributed by atoms with Crippen molar-refractivity contribution in [2.45, 2.75) is 36.0 Å².